The van der Waals surface area contributed by atoms with E-state index in [1.165, 1.54) is 18.2 Å². The van der Waals surface area contributed by atoms with Gasteiger partial charge in [0, 0.05) is 12.2 Å². The molecule has 3 unspecified atom stereocenters. The smallest absolute Gasteiger partial charge is 0.405 e. The minimum atomic E-state index is -4.78. The first-order chi connectivity index (χ1) is 8.88. The van der Waals surface area contributed by atoms with Gasteiger partial charge < -0.3 is 14.6 Å². The lowest BCUT2D eigenvalue weighted by atomic mass is 9.94. The van der Waals surface area contributed by atoms with E-state index < -0.39 is 18.6 Å². The third kappa shape index (κ3) is 3.39. The molecule has 0 aliphatic carbocycles. The molecule has 1 heterocycles. The highest BCUT2D eigenvalue weighted by Gasteiger charge is 2.36. The largest absolute Gasteiger partial charge is 0.573 e. The van der Waals surface area contributed by atoms with Gasteiger partial charge in [0.05, 0.1) is 6.10 Å². The van der Waals surface area contributed by atoms with Crippen LogP contribution in [0.1, 0.15) is 25.0 Å². The standard InChI is InChI=1S/C13H15F3O3/c1-8-6-7-18-12(8)11(17)9-4-2-3-5-10(9)19-13(14,15)16/h2-5,8,11-12,17H,6-7H2,1H3. The van der Waals surface area contributed by atoms with Crippen LogP contribution in [0.3, 0.4) is 0 Å². The third-order valence-corrected chi connectivity index (χ3v) is 3.22. The fourth-order valence-electron chi connectivity index (χ4n) is 2.24. The molecule has 0 bridgehead atoms. The Labute approximate surface area is 108 Å². The van der Waals surface area contributed by atoms with Crippen molar-refractivity contribution >= 4 is 0 Å². The zero-order valence-corrected chi connectivity index (χ0v) is 10.4. The van der Waals surface area contributed by atoms with Gasteiger partial charge in [0.2, 0.25) is 0 Å². The van der Waals surface area contributed by atoms with Crippen LogP contribution in [0.15, 0.2) is 24.3 Å². The lowest BCUT2D eigenvalue weighted by Gasteiger charge is -2.23. The summed E-state index contributed by atoms with van der Waals surface area (Å²) in [6.45, 7) is 2.40. The molecule has 3 atom stereocenters. The molecule has 1 aromatic carbocycles. The average Bonchev–Trinajstić information content (AvgIpc) is 2.73. The summed E-state index contributed by atoms with van der Waals surface area (Å²) in [5, 5.41) is 10.2. The Morgan fingerprint density at radius 2 is 2.05 bits per heavy atom. The maximum atomic E-state index is 12.3. The fraction of sp³-hybridized carbons (Fsp3) is 0.538. The number of benzene rings is 1. The van der Waals surface area contributed by atoms with Gasteiger partial charge in [-0.25, -0.2) is 0 Å². The minimum Gasteiger partial charge on any atom is -0.405 e. The molecule has 1 aromatic rings. The normalized spacial score (nSPS) is 25.3. The Balaban J connectivity index is 2.23. The van der Waals surface area contributed by atoms with Crippen molar-refractivity contribution in [3.63, 3.8) is 0 Å². The molecular weight excluding hydrogens is 261 g/mol. The number of rotatable bonds is 3. The summed E-state index contributed by atoms with van der Waals surface area (Å²) in [5.74, 6) is -0.292. The Kier molecular flexibility index (Phi) is 4.01. The van der Waals surface area contributed by atoms with Crippen LogP contribution in [0.4, 0.5) is 13.2 Å². The molecule has 0 radical (unpaired) electrons. The van der Waals surface area contributed by atoms with Crippen LogP contribution in [-0.4, -0.2) is 24.2 Å². The molecule has 1 fully saturated rings. The fourth-order valence-corrected chi connectivity index (χ4v) is 2.24. The molecular formula is C13H15F3O3. The van der Waals surface area contributed by atoms with Gasteiger partial charge in [-0.15, -0.1) is 13.2 Å². The molecule has 0 spiro atoms. The van der Waals surface area contributed by atoms with E-state index >= 15 is 0 Å². The number of halogens is 3. The first-order valence-electron chi connectivity index (χ1n) is 6.03. The van der Waals surface area contributed by atoms with Gasteiger partial charge in [-0.1, -0.05) is 25.1 Å². The van der Waals surface area contributed by atoms with E-state index in [2.05, 4.69) is 4.74 Å². The molecule has 2 rings (SSSR count). The van der Waals surface area contributed by atoms with Crippen molar-refractivity contribution in [2.45, 2.75) is 31.9 Å². The van der Waals surface area contributed by atoms with Crippen LogP contribution in [0.2, 0.25) is 0 Å². The lowest BCUT2D eigenvalue weighted by Crippen LogP contribution is -2.25. The van der Waals surface area contributed by atoms with Crippen LogP contribution in [0, 0.1) is 5.92 Å². The number of alkyl halides is 3. The van der Waals surface area contributed by atoms with Crippen molar-refractivity contribution in [1.29, 1.82) is 0 Å². The summed E-state index contributed by atoms with van der Waals surface area (Å²) in [6.07, 6.45) is -5.63. The molecule has 19 heavy (non-hydrogen) atoms. The van der Waals surface area contributed by atoms with Crippen molar-refractivity contribution in [3.05, 3.63) is 29.8 Å². The van der Waals surface area contributed by atoms with Gasteiger partial charge in [0.1, 0.15) is 11.9 Å². The summed E-state index contributed by atoms with van der Waals surface area (Å²) in [6, 6.07) is 5.59. The maximum absolute atomic E-state index is 12.3. The van der Waals surface area contributed by atoms with E-state index in [0.717, 1.165) is 6.42 Å². The minimum absolute atomic E-state index is 0.0916. The summed E-state index contributed by atoms with van der Waals surface area (Å²) in [5.41, 5.74) is 0.0959. The van der Waals surface area contributed by atoms with E-state index in [-0.39, 0.29) is 17.2 Å². The van der Waals surface area contributed by atoms with Gasteiger partial charge in [-0.3, -0.25) is 0 Å². The zero-order chi connectivity index (χ0) is 14.0. The van der Waals surface area contributed by atoms with Crippen molar-refractivity contribution in [2.24, 2.45) is 5.92 Å². The second-order valence-corrected chi connectivity index (χ2v) is 4.63. The molecule has 106 valence electrons. The van der Waals surface area contributed by atoms with Crippen LogP contribution in [-0.2, 0) is 4.74 Å². The highest BCUT2D eigenvalue weighted by Crippen LogP contribution is 2.36. The molecule has 1 aliphatic heterocycles. The van der Waals surface area contributed by atoms with Crippen LogP contribution in [0.5, 0.6) is 5.75 Å². The van der Waals surface area contributed by atoms with Gasteiger partial charge in [-0.2, -0.15) is 0 Å². The van der Waals surface area contributed by atoms with Crippen LogP contribution in [0.25, 0.3) is 0 Å². The highest BCUT2D eigenvalue weighted by molar-refractivity contribution is 5.36. The van der Waals surface area contributed by atoms with Crippen LogP contribution >= 0.6 is 0 Å². The number of hydrogen-bond acceptors (Lipinski definition) is 3. The molecule has 1 saturated heterocycles. The number of aliphatic hydroxyl groups excluding tert-OH is 1. The maximum Gasteiger partial charge on any atom is 0.573 e. The number of aliphatic hydroxyl groups is 1. The third-order valence-electron chi connectivity index (χ3n) is 3.22. The quantitative estimate of drug-likeness (QED) is 0.922. The van der Waals surface area contributed by atoms with Crippen molar-refractivity contribution < 1.29 is 27.8 Å². The van der Waals surface area contributed by atoms with Gasteiger partial charge in [-0.05, 0) is 18.4 Å². The SMILES string of the molecule is CC1CCOC1C(O)c1ccccc1OC(F)(F)F. The zero-order valence-electron chi connectivity index (χ0n) is 10.4. The molecule has 3 nitrogen and oxygen atoms in total. The first kappa shape index (κ1) is 14.1. The summed E-state index contributed by atoms with van der Waals surface area (Å²) < 4.78 is 46.2. The Morgan fingerprint density at radius 1 is 1.37 bits per heavy atom. The average molecular weight is 276 g/mol. The lowest BCUT2D eigenvalue weighted by molar-refractivity contribution is -0.275. The monoisotopic (exact) mass is 276 g/mol. The molecule has 0 aromatic heterocycles. The van der Waals surface area contributed by atoms with Crippen molar-refractivity contribution in [2.75, 3.05) is 6.61 Å². The van der Waals surface area contributed by atoms with Gasteiger partial charge >= 0.3 is 6.36 Å². The number of para-hydroxylation sites is 1. The topological polar surface area (TPSA) is 38.7 Å². The van der Waals surface area contributed by atoms with E-state index in [0.29, 0.717) is 6.61 Å². The molecule has 6 heteroatoms. The molecule has 1 N–H and O–H groups in total. The summed E-state index contributed by atoms with van der Waals surface area (Å²) >= 11 is 0. The number of hydrogen-bond donors (Lipinski definition) is 1. The Bertz CT molecular complexity index is 433. The van der Waals surface area contributed by atoms with Gasteiger partial charge in [0.15, 0.2) is 0 Å². The second-order valence-electron chi connectivity index (χ2n) is 4.63. The summed E-state index contributed by atoms with van der Waals surface area (Å²) in [4.78, 5) is 0. The Hall–Kier alpha value is -1.27. The van der Waals surface area contributed by atoms with Crippen molar-refractivity contribution in [1.82, 2.24) is 0 Å². The number of ether oxygens (including phenoxy) is 2. The van der Waals surface area contributed by atoms with Crippen molar-refractivity contribution in [3.8, 4) is 5.75 Å². The predicted molar refractivity (Wildman–Crippen MR) is 61.6 cm³/mol. The van der Waals surface area contributed by atoms with Gasteiger partial charge in [0.25, 0.3) is 0 Å². The molecule has 1 aliphatic rings. The molecule has 0 amide bonds. The molecule has 0 saturated carbocycles. The van der Waals surface area contributed by atoms with E-state index in [1.54, 1.807) is 6.07 Å². The van der Waals surface area contributed by atoms with E-state index in [9.17, 15) is 18.3 Å². The second kappa shape index (κ2) is 5.38. The Morgan fingerprint density at radius 3 is 2.63 bits per heavy atom. The summed E-state index contributed by atoms with van der Waals surface area (Å²) in [7, 11) is 0. The van der Waals surface area contributed by atoms with E-state index in [1.807, 2.05) is 6.92 Å². The van der Waals surface area contributed by atoms with E-state index in [4.69, 9.17) is 4.74 Å². The highest BCUT2D eigenvalue weighted by atomic mass is 19.4. The predicted octanol–water partition coefficient (Wildman–Crippen LogP) is 3.04. The van der Waals surface area contributed by atoms with Crippen LogP contribution < -0.4 is 4.74 Å². The first-order valence-corrected chi connectivity index (χ1v) is 6.03.